The number of hydrogen-bond acceptors (Lipinski definition) is 0. The smallest absolute Gasteiger partial charge is 0.0934 e. The Morgan fingerprint density at radius 2 is 1.69 bits per heavy atom. The lowest BCUT2D eigenvalue weighted by Gasteiger charge is -2.03. The molecule has 0 aromatic heterocycles. The molecular weight excluding hydrogens is 163 g/mol. The zero-order valence-corrected chi connectivity index (χ0v) is 7.33. The van der Waals surface area contributed by atoms with Crippen molar-refractivity contribution < 1.29 is 4.39 Å². The Hall–Kier alpha value is -1.37. The van der Waals surface area contributed by atoms with Gasteiger partial charge in [0.05, 0.1) is 6.67 Å². The fourth-order valence-electron chi connectivity index (χ4n) is 1.61. The lowest BCUT2D eigenvalue weighted by atomic mass is 10.0. The summed E-state index contributed by atoms with van der Waals surface area (Å²) in [5, 5.41) is 2.36. The van der Waals surface area contributed by atoms with Gasteiger partial charge in [-0.05, 0) is 16.3 Å². The molecule has 2 aromatic rings. The maximum atomic E-state index is 12.2. The highest BCUT2D eigenvalue weighted by Crippen LogP contribution is 2.18. The molecule has 2 aromatic carbocycles. The summed E-state index contributed by atoms with van der Waals surface area (Å²) in [7, 11) is 0. The number of fused-ring (bicyclic) bond motifs is 1. The molecule has 0 bridgehead atoms. The van der Waals surface area contributed by atoms with Crippen LogP contribution in [-0.2, 0) is 6.42 Å². The highest BCUT2D eigenvalue weighted by Gasteiger charge is 1.98. The lowest BCUT2D eigenvalue weighted by molar-refractivity contribution is 0.496. The van der Waals surface area contributed by atoms with Crippen LogP contribution >= 0.6 is 0 Å². The summed E-state index contributed by atoms with van der Waals surface area (Å²) >= 11 is 0. The lowest BCUT2D eigenvalue weighted by Crippen LogP contribution is -1.87. The van der Waals surface area contributed by atoms with Gasteiger partial charge in [-0.2, -0.15) is 0 Å². The van der Waals surface area contributed by atoms with E-state index < -0.39 is 0 Å². The standard InChI is InChI=1S/C12H11F/c13-9-8-11-6-3-5-10-4-1-2-7-12(10)11/h1-7H,8-9H2. The molecule has 0 heterocycles. The molecule has 0 unspecified atom stereocenters. The zero-order chi connectivity index (χ0) is 9.10. The highest BCUT2D eigenvalue weighted by atomic mass is 19.1. The molecule has 0 aliphatic carbocycles. The molecule has 2 rings (SSSR count). The summed E-state index contributed by atoms with van der Waals surface area (Å²) in [6.45, 7) is -0.284. The van der Waals surface area contributed by atoms with Crippen molar-refractivity contribution in [2.24, 2.45) is 0 Å². The van der Waals surface area contributed by atoms with Crippen molar-refractivity contribution in [2.45, 2.75) is 6.42 Å². The Morgan fingerprint density at radius 3 is 2.54 bits per heavy atom. The molecule has 0 N–H and O–H groups in total. The van der Waals surface area contributed by atoms with Gasteiger partial charge in [0.1, 0.15) is 0 Å². The molecule has 13 heavy (non-hydrogen) atoms. The second-order valence-corrected chi connectivity index (χ2v) is 3.08. The molecule has 0 spiro atoms. The second-order valence-electron chi connectivity index (χ2n) is 3.08. The third kappa shape index (κ3) is 1.55. The molecule has 0 radical (unpaired) electrons. The van der Waals surface area contributed by atoms with Crippen LogP contribution in [-0.4, -0.2) is 6.67 Å². The Morgan fingerprint density at radius 1 is 0.923 bits per heavy atom. The van der Waals surface area contributed by atoms with Gasteiger partial charge in [0.15, 0.2) is 0 Å². The molecule has 0 saturated carbocycles. The molecule has 0 atom stereocenters. The minimum atomic E-state index is -0.284. The van der Waals surface area contributed by atoms with Gasteiger partial charge < -0.3 is 0 Å². The average Bonchev–Trinajstić information content (AvgIpc) is 2.19. The summed E-state index contributed by atoms with van der Waals surface area (Å²) in [6.07, 6.45) is 0.515. The van der Waals surface area contributed by atoms with Gasteiger partial charge in [0.2, 0.25) is 0 Å². The summed E-state index contributed by atoms with van der Waals surface area (Å²) < 4.78 is 12.2. The van der Waals surface area contributed by atoms with Gasteiger partial charge in [0, 0.05) is 6.42 Å². The normalized spacial score (nSPS) is 10.5. The predicted octanol–water partition coefficient (Wildman–Crippen LogP) is 3.35. The van der Waals surface area contributed by atoms with E-state index in [4.69, 9.17) is 0 Å². The number of rotatable bonds is 2. The van der Waals surface area contributed by atoms with Crippen molar-refractivity contribution in [3.63, 3.8) is 0 Å². The third-order valence-electron chi connectivity index (χ3n) is 2.24. The predicted molar refractivity (Wildman–Crippen MR) is 53.6 cm³/mol. The Kier molecular flexibility index (Phi) is 2.26. The first-order valence-electron chi connectivity index (χ1n) is 4.44. The van der Waals surface area contributed by atoms with Gasteiger partial charge in [0.25, 0.3) is 0 Å². The molecule has 0 nitrogen and oxygen atoms in total. The second kappa shape index (κ2) is 3.56. The molecule has 0 fully saturated rings. The van der Waals surface area contributed by atoms with E-state index >= 15 is 0 Å². The van der Waals surface area contributed by atoms with E-state index in [9.17, 15) is 4.39 Å². The summed E-state index contributed by atoms with van der Waals surface area (Å²) in [4.78, 5) is 0. The molecular formula is C12H11F. The van der Waals surface area contributed by atoms with E-state index in [2.05, 4.69) is 12.1 Å². The zero-order valence-electron chi connectivity index (χ0n) is 7.33. The molecule has 0 aliphatic rings. The number of benzene rings is 2. The largest absolute Gasteiger partial charge is 0.251 e. The van der Waals surface area contributed by atoms with Crippen molar-refractivity contribution in [2.75, 3.05) is 6.67 Å². The van der Waals surface area contributed by atoms with Crippen molar-refractivity contribution in [3.05, 3.63) is 48.0 Å². The fraction of sp³-hybridized carbons (Fsp3) is 0.167. The SMILES string of the molecule is FCCc1cccc2ccccc12. The van der Waals surface area contributed by atoms with Crippen LogP contribution in [0.1, 0.15) is 5.56 Å². The van der Waals surface area contributed by atoms with E-state index in [-0.39, 0.29) is 6.67 Å². The van der Waals surface area contributed by atoms with Crippen LogP contribution in [0.25, 0.3) is 10.8 Å². The van der Waals surface area contributed by atoms with Crippen LogP contribution in [0.4, 0.5) is 4.39 Å². The minimum Gasteiger partial charge on any atom is -0.251 e. The van der Waals surface area contributed by atoms with Gasteiger partial charge in [-0.25, -0.2) is 0 Å². The van der Waals surface area contributed by atoms with E-state index in [0.717, 1.165) is 5.56 Å². The molecule has 1 heteroatoms. The topological polar surface area (TPSA) is 0 Å². The van der Waals surface area contributed by atoms with Crippen LogP contribution in [0.3, 0.4) is 0 Å². The van der Waals surface area contributed by atoms with Crippen LogP contribution in [0.15, 0.2) is 42.5 Å². The van der Waals surface area contributed by atoms with E-state index in [1.165, 1.54) is 10.8 Å². The molecule has 0 saturated heterocycles. The van der Waals surface area contributed by atoms with Crippen molar-refractivity contribution in [1.82, 2.24) is 0 Å². The Bertz CT molecular complexity index is 401. The highest BCUT2D eigenvalue weighted by molar-refractivity contribution is 5.85. The quantitative estimate of drug-likeness (QED) is 0.655. The summed E-state index contributed by atoms with van der Waals surface area (Å²) in [5.74, 6) is 0. The van der Waals surface area contributed by atoms with Crippen LogP contribution in [0.5, 0.6) is 0 Å². The number of alkyl halides is 1. The molecule has 0 aliphatic heterocycles. The van der Waals surface area contributed by atoms with Crippen molar-refractivity contribution in [1.29, 1.82) is 0 Å². The van der Waals surface area contributed by atoms with Crippen LogP contribution < -0.4 is 0 Å². The first-order chi connectivity index (χ1) is 6.42. The summed E-state index contributed by atoms with van der Waals surface area (Å²) in [6, 6.07) is 14.1. The van der Waals surface area contributed by atoms with Gasteiger partial charge in [-0.3, -0.25) is 4.39 Å². The molecule has 66 valence electrons. The van der Waals surface area contributed by atoms with Crippen molar-refractivity contribution in [3.8, 4) is 0 Å². The Balaban J connectivity index is 2.61. The maximum Gasteiger partial charge on any atom is 0.0934 e. The Labute approximate surface area is 77.0 Å². The summed E-state index contributed by atoms with van der Waals surface area (Å²) in [5.41, 5.74) is 1.10. The van der Waals surface area contributed by atoms with E-state index in [1.54, 1.807) is 0 Å². The third-order valence-corrected chi connectivity index (χ3v) is 2.24. The van der Waals surface area contributed by atoms with Gasteiger partial charge >= 0.3 is 0 Å². The first-order valence-corrected chi connectivity index (χ1v) is 4.44. The monoisotopic (exact) mass is 174 g/mol. The molecule has 0 amide bonds. The number of halogens is 1. The van der Waals surface area contributed by atoms with Crippen LogP contribution in [0, 0.1) is 0 Å². The van der Waals surface area contributed by atoms with Gasteiger partial charge in [-0.1, -0.05) is 42.5 Å². The van der Waals surface area contributed by atoms with E-state index in [1.807, 2.05) is 30.3 Å². The van der Waals surface area contributed by atoms with Gasteiger partial charge in [-0.15, -0.1) is 0 Å². The first kappa shape index (κ1) is 8.24. The average molecular weight is 174 g/mol. The fourth-order valence-corrected chi connectivity index (χ4v) is 1.61. The van der Waals surface area contributed by atoms with E-state index in [0.29, 0.717) is 6.42 Å². The van der Waals surface area contributed by atoms with Crippen molar-refractivity contribution >= 4 is 10.8 Å². The number of aryl methyl sites for hydroxylation is 1. The van der Waals surface area contributed by atoms with Crippen LogP contribution in [0.2, 0.25) is 0 Å². The maximum absolute atomic E-state index is 12.2. The number of hydrogen-bond donors (Lipinski definition) is 0. The minimum absolute atomic E-state index is 0.284.